The van der Waals surface area contributed by atoms with Crippen molar-refractivity contribution in [2.75, 3.05) is 41.3 Å². The number of nitrogens with one attached hydrogen (secondary N) is 1. The third-order valence-electron chi connectivity index (χ3n) is 4.16. The van der Waals surface area contributed by atoms with E-state index in [2.05, 4.69) is 45.2 Å². The van der Waals surface area contributed by atoms with Crippen molar-refractivity contribution in [3.05, 3.63) is 54.7 Å². The van der Waals surface area contributed by atoms with Gasteiger partial charge < -0.3 is 15.1 Å². The second-order valence-corrected chi connectivity index (χ2v) is 5.88. The zero-order chi connectivity index (χ0) is 17.6. The Morgan fingerprint density at radius 2 is 1.73 bits per heavy atom. The lowest BCUT2D eigenvalue weighted by Crippen LogP contribution is -2.47. The number of hydrogen-bond donors (Lipinski definition) is 1. The highest BCUT2D eigenvalue weighted by molar-refractivity contribution is 5.43. The fourth-order valence-corrected chi connectivity index (χ4v) is 2.80. The predicted molar refractivity (Wildman–Crippen MR) is 97.8 cm³/mol. The van der Waals surface area contributed by atoms with Crippen LogP contribution < -0.4 is 15.1 Å². The Kier molecular flexibility index (Phi) is 4.77. The Morgan fingerprint density at radius 1 is 0.923 bits per heavy atom. The first-order valence-electron chi connectivity index (χ1n) is 8.48. The number of anilines is 3. The Balaban J connectivity index is 1.36. The van der Waals surface area contributed by atoms with Crippen molar-refractivity contribution in [3.63, 3.8) is 0 Å². The van der Waals surface area contributed by atoms with E-state index in [4.69, 9.17) is 0 Å². The number of aromatic nitrogens is 6. The Hall–Kier alpha value is -3.36. The molecule has 4 heterocycles. The summed E-state index contributed by atoms with van der Waals surface area (Å²) in [7, 11) is 0. The normalized spacial score (nSPS) is 14.3. The van der Waals surface area contributed by atoms with Crippen LogP contribution in [0, 0.1) is 0 Å². The second kappa shape index (κ2) is 7.68. The number of piperazine rings is 1. The zero-order valence-electron chi connectivity index (χ0n) is 14.2. The van der Waals surface area contributed by atoms with Gasteiger partial charge in [0.15, 0.2) is 5.82 Å². The molecule has 1 aliphatic rings. The SMILES string of the molecule is c1cnc(N2CCN(c3cnnc(NCc4cccnc4)n3)CC2)nc1. The zero-order valence-corrected chi connectivity index (χ0v) is 14.2. The monoisotopic (exact) mass is 349 g/mol. The first-order valence-corrected chi connectivity index (χ1v) is 8.48. The molecular weight excluding hydrogens is 330 g/mol. The van der Waals surface area contributed by atoms with Gasteiger partial charge in [-0.3, -0.25) is 4.98 Å². The van der Waals surface area contributed by atoms with E-state index in [1.807, 2.05) is 24.4 Å². The minimum absolute atomic E-state index is 0.514. The molecule has 3 aromatic heterocycles. The van der Waals surface area contributed by atoms with Gasteiger partial charge in [0.25, 0.3) is 0 Å². The fourth-order valence-electron chi connectivity index (χ4n) is 2.80. The maximum atomic E-state index is 4.58. The molecule has 132 valence electrons. The topological polar surface area (TPSA) is 95.9 Å². The molecule has 1 saturated heterocycles. The molecule has 0 unspecified atom stereocenters. The standard InChI is InChI=1S/C17H19N9/c1-3-14(11-18-4-1)12-21-16-23-15(13-22-24-16)25-7-9-26(10-8-25)17-19-5-2-6-20-17/h1-6,11,13H,7-10,12H2,(H,21,23,24). The molecule has 0 radical (unpaired) electrons. The minimum Gasteiger partial charge on any atom is -0.352 e. The molecule has 0 saturated carbocycles. The summed E-state index contributed by atoms with van der Waals surface area (Å²) in [6, 6.07) is 5.73. The van der Waals surface area contributed by atoms with Crippen molar-refractivity contribution in [2.24, 2.45) is 0 Å². The van der Waals surface area contributed by atoms with E-state index in [1.165, 1.54) is 0 Å². The first-order chi connectivity index (χ1) is 12.9. The van der Waals surface area contributed by atoms with E-state index in [-0.39, 0.29) is 0 Å². The summed E-state index contributed by atoms with van der Waals surface area (Å²) in [4.78, 5) is 21.7. The van der Waals surface area contributed by atoms with Crippen LogP contribution in [0.25, 0.3) is 0 Å². The molecule has 1 aliphatic heterocycles. The molecular formula is C17H19N9. The van der Waals surface area contributed by atoms with Crippen molar-refractivity contribution in [3.8, 4) is 0 Å². The van der Waals surface area contributed by atoms with Crippen molar-refractivity contribution in [2.45, 2.75) is 6.54 Å². The Morgan fingerprint density at radius 3 is 2.50 bits per heavy atom. The van der Waals surface area contributed by atoms with E-state index in [0.717, 1.165) is 43.5 Å². The van der Waals surface area contributed by atoms with E-state index in [9.17, 15) is 0 Å². The van der Waals surface area contributed by atoms with Crippen LogP contribution in [0.3, 0.4) is 0 Å². The molecule has 26 heavy (non-hydrogen) atoms. The summed E-state index contributed by atoms with van der Waals surface area (Å²) in [6.07, 6.45) is 8.80. The van der Waals surface area contributed by atoms with Crippen LogP contribution in [-0.4, -0.2) is 56.3 Å². The molecule has 4 rings (SSSR count). The van der Waals surface area contributed by atoms with Crippen molar-refractivity contribution in [1.82, 2.24) is 30.1 Å². The lowest BCUT2D eigenvalue weighted by atomic mass is 10.3. The average molecular weight is 349 g/mol. The molecule has 9 nitrogen and oxygen atoms in total. The van der Waals surface area contributed by atoms with Gasteiger partial charge in [0.1, 0.15) is 0 Å². The van der Waals surface area contributed by atoms with Crippen LogP contribution in [0.1, 0.15) is 5.56 Å². The van der Waals surface area contributed by atoms with Gasteiger partial charge in [-0.2, -0.15) is 10.1 Å². The lowest BCUT2D eigenvalue weighted by Gasteiger charge is -2.35. The van der Waals surface area contributed by atoms with Gasteiger partial charge in [-0.05, 0) is 17.7 Å². The molecule has 0 aliphatic carbocycles. The third kappa shape index (κ3) is 3.82. The number of rotatable bonds is 5. The van der Waals surface area contributed by atoms with Crippen LogP contribution in [0.2, 0.25) is 0 Å². The summed E-state index contributed by atoms with van der Waals surface area (Å²) in [5.74, 6) is 2.11. The Labute approximate surface area is 151 Å². The summed E-state index contributed by atoms with van der Waals surface area (Å²) >= 11 is 0. The highest BCUT2D eigenvalue weighted by Gasteiger charge is 2.20. The molecule has 0 bridgehead atoms. The van der Waals surface area contributed by atoms with Crippen molar-refractivity contribution >= 4 is 17.7 Å². The van der Waals surface area contributed by atoms with E-state index in [0.29, 0.717) is 12.5 Å². The predicted octanol–water partition coefficient (Wildman–Crippen LogP) is 0.995. The van der Waals surface area contributed by atoms with Crippen molar-refractivity contribution < 1.29 is 0 Å². The van der Waals surface area contributed by atoms with Gasteiger partial charge in [-0.1, -0.05) is 6.07 Å². The first kappa shape index (κ1) is 16.1. The van der Waals surface area contributed by atoms with Crippen LogP contribution in [0.15, 0.2) is 49.2 Å². The molecule has 0 spiro atoms. The highest BCUT2D eigenvalue weighted by Crippen LogP contribution is 2.16. The molecule has 0 amide bonds. The lowest BCUT2D eigenvalue weighted by molar-refractivity contribution is 0.632. The molecule has 0 aromatic carbocycles. The number of hydrogen-bond acceptors (Lipinski definition) is 9. The van der Waals surface area contributed by atoms with Gasteiger partial charge >= 0.3 is 0 Å². The van der Waals surface area contributed by atoms with E-state index >= 15 is 0 Å². The summed E-state index contributed by atoms with van der Waals surface area (Å²) in [5, 5.41) is 11.3. The van der Waals surface area contributed by atoms with E-state index in [1.54, 1.807) is 24.8 Å². The van der Waals surface area contributed by atoms with Crippen molar-refractivity contribution in [1.29, 1.82) is 0 Å². The summed E-state index contributed by atoms with van der Waals surface area (Å²) < 4.78 is 0. The van der Waals surface area contributed by atoms with Gasteiger partial charge in [0.2, 0.25) is 11.9 Å². The summed E-state index contributed by atoms with van der Waals surface area (Å²) in [6.45, 7) is 3.95. The maximum Gasteiger partial charge on any atom is 0.244 e. The van der Waals surface area contributed by atoms with Crippen LogP contribution in [0.4, 0.5) is 17.7 Å². The largest absolute Gasteiger partial charge is 0.352 e. The number of pyridine rings is 1. The second-order valence-electron chi connectivity index (χ2n) is 5.88. The van der Waals surface area contributed by atoms with Crippen LogP contribution in [0.5, 0.6) is 0 Å². The van der Waals surface area contributed by atoms with Gasteiger partial charge in [0.05, 0.1) is 6.20 Å². The molecule has 3 aromatic rings. The van der Waals surface area contributed by atoms with Gasteiger partial charge in [0, 0.05) is 57.5 Å². The summed E-state index contributed by atoms with van der Waals surface area (Å²) in [5.41, 5.74) is 1.07. The van der Waals surface area contributed by atoms with E-state index < -0.39 is 0 Å². The van der Waals surface area contributed by atoms with Crippen LogP contribution >= 0.6 is 0 Å². The van der Waals surface area contributed by atoms with Gasteiger partial charge in [-0.15, -0.1) is 5.10 Å². The maximum absolute atomic E-state index is 4.58. The molecule has 0 atom stereocenters. The number of nitrogens with zero attached hydrogens (tertiary/aromatic N) is 8. The van der Waals surface area contributed by atoms with Gasteiger partial charge in [-0.25, -0.2) is 9.97 Å². The highest BCUT2D eigenvalue weighted by atomic mass is 15.4. The molecule has 1 N–H and O–H groups in total. The smallest absolute Gasteiger partial charge is 0.244 e. The minimum atomic E-state index is 0.514. The molecule has 9 heteroatoms. The Bertz CT molecular complexity index is 820. The van der Waals surface area contributed by atoms with Crippen LogP contribution in [-0.2, 0) is 6.54 Å². The quantitative estimate of drug-likeness (QED) is 0.723. The molecule has 1 fully saturated rings. The third-order valence-corrected chi connectivity index (χ3v) is 4.16. The average Bonchev–Trinajstić information content (AvgIpc) is 2.74. The fraction of sp³-hybridized carbons (Fsp3) is 0.294.